The van der Waals surface area contributed by atoms with Gasteiger partial charge in [0.25, 0.3) is 0 Å². The first-order valence-corrected chi connectivity index (χ1v) is 14.1. The summed E-state index contributed by atoms with van der Waals surface area (Å²) in [5.41, 5.74) is 4.06. The number of carbonyl (C=O) groups excluding carboxylic acids is 3. The Morgan fingerprint density at radius 2 is 1.49 bits per heavy atom. The third kappa shape index (κ3) is 9.69. The number of benzene rings is 1. The molecule has 0 radical (unpaired) electrons. The fourth-order valence-corrected chi connectivity index (χ4v) is 5.08. The number of ether oxygens (including phenoxy) is 1. The number of allylic oxidation sites excluding steroid dienone is 1. The van der Waals surface area contributed by atoms with Crippen molar-refractivity contribution in [2.24, 2.45) is 28.9 Å². The smallest absolute Gasteiger partial charge is 0.411 e. The highest BCUT2D eigenvalue weighted by atomic mass is 16.6. The molecule has 0 heterocycles. The number of carboxylic acids is 1. The van der Waals surface area contributed by atoms with Crippen molar-refractivity contribution >= 4 is 23.8 Å². The number of carboxylic acid groups (broad SMARTS) is 1. The van der Waals surface area contributed by atoms with E-state index in [1.165, 1.54) is 32.7 Å². The summed E-state index contributed by atoms with van der Waals surface area (Å²) in [6, 6.07) is 7.35. The third-order valence-corrected chi connectivity index (χ3v) is 7.49. The molecule has 230 valence electrons. The van der Waals surface area contributed by atoms with Gasteiger partial charge in [0.2, 0.25) is 5.91 Å². The van der Waals surface area contributed by atoms with Crippen LogP contribution >= 0.6 is 0 Å². The third-order valence-electron chi connectivity index (χ3n) is 7.49. The summed E-state index contributed by atoms with van der Waals surface area (Å²) in [7, 11) is 1.48. The van der Waals surface area contributed by atoms with Crippen LogP contribution in [0.5, 0.6) is 0 Å². The number of ketones is 1. The molecule has 4 N–H and O–H groups in total. The van der Waals surface area contributed by atoms with E-state index in [0.29, 0.717) is 0 Å². The van der Waals surface area contributed by atoms with Crippen molar-refractivity contribution in [1.82, 2.24) is 10.2 Å². The van der Waals surface area contributed by atoms with Gasteiger partial charge in [-0.05, 0) is 43.6 Å². The molecule has 1 rings (SSSR count). The number of aliphatic carboxylic acids is 1. The molecular formula is C32H51N3O6. The molecule has 0 spiro atoms. The fourth-order valence-electron chi connectivity index (χ4n) is 5.08. The Balaban J connectivity index is 3.59. The maximum absolute atomic E-state index is 14.2. The molecular weight excluding hydrogens is 522 g/mol. The van der Waals surface area contributed by atoms with Gasteiger partial charge in [-0.25, -0.2) is 9.59 Å². The summed E-state index contributed by atoms with van der Waals surface area (Å²) >= 11 is 0. The maximum Gasteiger partial charge on any atom is 0.411 e. The van der Waals surface area contributed by atoms with Crippen LogP contribution in [0.4, 0.5) is 4.79 Å². The lowest BCUT2D eigenvalue weighted by atomic mass is 9.73. The molecule has 0 saturated carbocycles. The highest BCUT2D eigenvalue weighted by Gasteiger charge is 2.46. The predicted octanol–water partition coefficient (Wildman–Crippen LogP) is 5.14. The molecule has 2 amide bonds. The molecule has 4 atom stereocenters. The molecule has 0 fully saturated rings. The molecule has 41 heavy (non-hydrogen) atoms. The van der Waals surface area contributed by atoms with Crippen LogP contribution in [-0.2, 0) is 24.5 Å². The van der Waals surface area contributed by atoms with Gasteiger partial charge in [0.15, 0.2) is 11.5 Å². The molecule has 1 aromatic carbocycles. The molecule has 0 aliphatic heterocycles. The number of hydrogen-bond acceptors (Lipinski definition) is 6. The topological polar surface area (TPSA) is 139 Å². The van der Waals surface area contributed by atoms with Crippen LogP contribution in [0.15, 0.2) is 42.0 Å². The van der Waals surface area contributed by atoms with Crippen LogP contribution in [0.25, 0.3) is 0 Å². The monoisotopic (exact) mass is 573 g/mol. The van der Waals surface area contributed by atoms with Gasteiger partial charge in [-0.3, -0.25) is 20.2 Å². The zero-order valence-corrected chi connectivity index (χ0v) is 26.9. The predicted molar refractivity (Wildman–Crippen MR) is 161 cm³/mol. The Morgan fingerprint density at radius 3 is 1.90 bits per heavy atom. The standard InChI is InChI=1S/C32H51N3O6/c1-19(2)23(18-20(3)28(38)39)21(4)24(36)25(30(5,6)7)34-27(37)26(35(12)29(40)41-32(10,11)33)31(8,9)22-16-14-13-15-17-22/h13-19,21,23,25-26H,33H2,1-12H3,(H,34,37)(H,38,39)/t21?,23-,25-,26-/m1/s1. The lowest BCUT2D eigenvalue weighted by molar-refractivity contribution is -0.136. The van der Waals surface area contributed by atoms with Gasteiger partial charge in [-0.15, -0.1) is 0 Å². The zero-order chi connectivity index (χ0) is 32.1. The average Bonchev–Trinajstić information content (AvgIpc) is 2.83. The maximum atomic E-state index is 14.2. The first-order valence-electron chi connectivity index (χ1n) is 14.1. The molecule has 0 aliphatic carbocycles. The van der Waals surface area contributed by atoms with Crippen molar-refractivity contribution in [3.8, 4) is 0 Å². The molecule has 9 heteroatoms. The van der Waals surface area contributed by atoms with Crippen molar-refractivity contribution in [2.45, 2.75) is 99.4 Å². The second-order valence-corrected chi connectivity index (χ2v) is 13.5. The lowest BCUT2D eigenvalue weighted by Crippen LogP contribution is -2.62. The summed E-state index contributed by atoms with van der Waals surface area (Å²) in [6.07, 6.45) is 0.847. The van der Waals surface area contributed by atoms with E-state index in [1.54, 1.807) is 13.0 Å². The summed E-state index contributed by atoms with van der Waals surface area (Å²) < 4.78 is 5.40. The summed E-state index contributed by atoms with van der Waals surface area (Å²) in [4.78, 5) is 54.1. The molecule has 0 aliphatic rings. The van der Waals surface area contributed by atoms with Crippen molar-refractivity contribution in [3.63, 3.8) is 0 Å². The molecule has 0 saturated heterocycles. The van der Waals surface area contributed by atoms with Crippen LogP contribution in [0.2, 0.25) is 0 Å². The number of rotatable bonds is 12. The minimum absolute atomic E-state index is 0.0233. The highest BCUT2D eigenvalue weighted by molar-refractivity contribution is 5.94. The molecule has 1 aromatic rings. The van der Waals surface area contributed by atoms with E-state index in [9.17, 15) is 24.3 Å². The van der Waals surface area contributed by atoms with Crippen LogP contribution < -0.4 is 11.1 Å². The van der Waals surface area contributed by atoms with E-state index >= 15 is 0 Å². The van der Waals surface area contributed by atoms with Crippen LogP contribution in [0.1, 0.15) is 81.7 Å². The molecule has 9 nitrogen and oxygen atoms in total. The van der Waals surface area contributed by atoms with Crippen molar-refractivity contribution in [3.05, 3.63) is 47.5 Å². The van der Waals surface area contributed by atoms with E-state index < -0.39 is 52.5 Å². The lowest BCUT2D eigenvalue weighted by Gasteiger charge is -2.42. The number of nitrogens with two attached hydrogens (primary N) is 1. The van der Waals surface area contributed by atoms with E-state index in [2.05, 4.69) is 5.32 Å². The van der Waals surface area contributed by atoms with Gasteiger partial charge in [0.05, 0.1) is 6.04 Å². The minimum Gasteiger partial charge on any atom is -0.478 e. The minimum atomic E-state index is -1.27. The van der Waals surface area contributed by atoms with Crippen molar-refractivity contribution < 1.29 is 29.0 Å². The number of hydrogen-bond donors (Lipinski definition) is 3. The van der Waals surface area contributed by atoms with E-state index in [4.69, 9.17) is 10.5 Å². The number of likely N-dealkylation sites (N-methyl/N-ethyl adjacent to an activating group) is 1. The summed E-state index contributed by atoms with van der Waals surface area (Å²) in [5.74, 6) is -2.76. The Morgan fingerprint density at radius 1 is 0.976 bits per heavy atom. The number of Topliss-reactive ketones (excluding diaryl/α,β-unsaturated/α-hetero) is 1. The van der Waals surface area contributed by atoms with E-state index in [1.807, 2.05) is 78.8 Å². The Kier molecular flexibility index (Phi) is 11.9. The number of amides is 2. The quantitative estimate of drug-likeness (QED) is 0.233. The largest absolute Gasteiger partial charge is 0.478 e. The van der Waals surface area contributed by atoms with Crippen LogP contribution in [-0.4, -0.2) is 58.6 Å². The fraction of sp³-hybridized carbons (Fsp3) is 0.625. The first kappa shape index (κ1) is 35.8. The van der Waals surface area contributed by atoms with Gasteiger partial charge >= 0.3 is 12.1 Å². The SMILES string of the molecule is CC(=C[C@H](C(C)C)C(C)C(=O)[C@@H](NC(=O)[C@@H](N(C)C(=O)OC(C)(C)N)C(C)(C)c1ccccc1)C(C)(C)C)C(=O)O. The second kappa shape index (κ2) is 13.6. The van der Waals surface area contributed by atoms with Gasteiger partial charge < -0.3 is 15.2 Å². The van der Waals surface area contributed by atoms with Gasteiger partial charge in [0.1, 0.15) is 6.04 Å². The zero-order valence-electron chi connectivity index (χ0n) is 26.9. The van der Waals surface area contributed by atoms with Crippen LogP contribution in [0, 0.1) is 23.2 Å². The summed E-state index contributed by atoms with van der Waals surface area (Å²) in [6.45, 7) is 19.5. The molecule has 0 aromatic heterocycles. The van der Waals surface area contributed by atoms with Gasteiger partial charge in [-0.1, -0.05) is 91.8 Å². The Bertz CT molecular complexity index is 1110. The van der Waals surface area contributed by atoms with E-state index in [-0.39, 0.29) is 23.2 Å². The number of carbonyl (C=O) groups is 4. The second-order valence-electron chi connectivity index (χ2n) is 13.5. The number of nitrogens with one attached hydrogen (secondary N) is 1. The van der Waals surface area contributed by atoms with Crippen molar-refractivity contribution in [2.75, 3.05) is 7.05 Å². The Labute approximate surface area is 245 Å². The normalized spacial score (nSPS) is 15.9. The Hall–Kier alpha value is -3.20. The number of nitrogens with zero attached hydrogens (tertiary/aromatic N) is 1. The van der Waals surface area contributed by atoms with E-state index in [0.717, 1.165) is 5.56 Å². The summed E-state index contributed by atoms with van der Waals surface area (Å²) in [5, 5.41) is 12.4. The van der Waals surface area contributed by atoms with Gasteiger partial charge in [-0.2, -0.15) is 0 Å². The van der Waals surface area contributed by atoms with Gasteiger partial charge in [0, 0.05) is 24.0 Å². The average molecular weight is 574 g/mol. The molecule has 1 unspecified atom stereocenters. The first-order chi connectivity index (χ1) is 18.5. The molecule has 0 bridgehead atoms. The van der Waals surface area contributed by atoms with Crippen molar-refractivity contribution in [1.29, 1.82) is 0 Å². The van der Waals surface area contributed by atoms with Crippen LogP contribution in [0.3, 0.4) is 0 Å². The highest BCUT2D eigenvalue weighted by Crippen LogP contribution is 2.33.